The fourth-order valence-electron chi connectivity index (χ4n) is 2.43. The van der Waals surface area contributed by atoms with E-state index in [4.69, 9.17) is 11.6 Å². The second-order valence-electron chi connectivity index (χ2n) is 6.07. The third-order valence-electron chi connectivity index (χ3n) is 3.90. The molecule has 0 unspecified atom stereocenters. The van der Waals surface area contributed by atoms with Gasteiger partial charge in [0.25, 0.3) is 15.9 Å². The van der Waals surface area contributed by atoms with Gasteiger partial charge in [0, 0.05) is 11.4 Å². The predicted molar refractivity (Wildman–Crippen MR) is 108 cm³/mol. The van der Waals surface area contributed by atoms with Crippen molar-refractivity contribution < 1.29 is 17.6 Å². The zero-order chi connectivity index (χ0) is 20.3. The lowest BCUT2D eigenvalue weighted by atomic mass is 10.2. The van der Waals surface area contributed by atoms with Crippen molar-refractivity contribution >= 4 is 38.9 Å². The standard InChI is InChI=1S/C20H16ClFN2O3S/c1-13-2-9-17(10-3-13)28(26,27)24-16-7-5-15(6-8-16)23-20(25)18-11-4-14(22)12-19(18)21/h2-12,24H,1H3,(H,23,25). The first kappa shape index (κ1) is 19.9. The van der Waals surface area contributed by atoms with Crippen molar-refractivity contribution in [2.24, 2.45) is 0 Å². The molecule has 0 aliphatic rings. The number of hydrogen-bond acceptors (Lipinski definition) is 3. The summed E-state index contributed by atoms with van der Waals surface area (Å²) < 4.78 is 40.4. The molecular weight excluding hydrogens is 403 g/mol. The van der Waals surface area contributed by atoms with Crippen molar-refractivity contribution in [2.45, 2.75) is 11.8 Å². The molecule has 3 aromatic carbocycles. The van der Waals surface area contributed by atoms with Crippen LogP contribution >= 0.6 is 11.6 Å². The molecule has 3 rings (SSSR count). The molecule has 0 spiro atoms. The zero-order valence-corrected chi connectivity index (χ0v) is 16.3. The third kappa shape index (κ3) is 4.68. The first-order valence-electron chi connectivity index (χ1n) is 8.20. The van der Waals surface area contributed by atoms with Crippen LogP contribution in [0.4, 0.5) is 15.8 Å². The van der Waals surface area contributed by atoms with Crippen LogP contribution in [0.5, 0.6) is 0 Å². The van der Waals surface area contributed by atoms with Gasteiger partial charge in [-0.3, -0.25) is 9.52 Å². The van der Waals surface area contributed by atoms with Gasteiger partial charge in [-0.1, -0.05) is 29.3 Å². The maximum atomic E-state index is 13.1. The van der Waals surface area contributed by atoms with Crippen molar-refractivity contribution in [2.75, 3.05) is 10.0 Å². The molecular formula is C20H16ClFN2O3S. The van der Waals surface area contributed by atoms with E-state index < -0.39 is 21.7 Å². The Kier molecular flexibility index (Phi) is 5.67. The molecule has 8 heteroatoms. The van der Waals surface area contributed by atoms with Gasteiger partial charge >= 0.3 is 0 Å². The number of carbonyl (C=O) groups is 1. The van der Waals surface area contributed by atoms with Gasteiger partial charge in [-0.15, -0.1) is 0 Å². The van der Waals surface area contributed by atoms with Gasteiger partial charge in [-0.05, 0) is 61.5 Å². The van der Waals surface area contributed by atoms with E-state index in [0.29, 0.717) is 11.4 Å². The van der Waals surface area contributed by atoms with Crippen molar-refractivity contribution in [1.29, 1.82) is 0 Å². The number of rotatable bonds is 5. The van der Waals surface area contributed by atoms with Crippen LogP contribution in [0.1, 0.15) is 15.9 Å². The van der Waals surface area contributed by atoms with Gasteiger partial charge < -0.3 is 5.32 Å². The highest BCUT2D eigenvalue weighted by Crippen LogP contribution is 2.21. The minimum atomic E-state index is -3.71. The van der Waals surface area contributed by atoms with Gasteiger partial charge in [0.15, 0.2) is 0 Å². The van der Waals surface area contributed by atoms with E-state index in [-0.39, 0.29) is 15.5 Å². The van der Waals surface area contributed by atoms with Crippen LogP contribution in [0.3, 0.4) is 0 Å². The van der Waals surface area contributed by atoms with E-state index in [2.05, 4.69) is 10.0 Å². The fraction of sp³-hybridized carbons (Fsp3) is 0.0500. The number of sulfonamides is 1. The molecule has 0 saturated heterocycles. The molecule has 0 radical (unpaired) electrons. The largest absolute Gasteiger partial charge is 0.322 e. The topological polar surface area (TPSA) is 75.3 Å². The minimum absolute atomic E-state index is 0.0000203. The number of anilines is 2. The number of benzene rings is 3. The molecule has 0 aliphatic carbocycles. The summed E-state index contributed by atoms with van der Waals surface area (Å²) in [7, 11) is -3.71. The number of nitrogens with one attached hydrogen (secondary N) is 2. The van der Waals surface area contributed by atoms with Gasteiger partial charge in [0.2, 0.25) is 0 Å². The molecule has 0 heterocycles. The lowest BCUT2D eigenvalue weighted by molar-refractivity contribution is 0.102. The molecule has 0 aromatic heterocycles. The summed E-state index contributed by atoms with van der Waals surface area (Å²) in [5.74, 6) is -1.04. The lowest BCUT2D eigenvalue weighted by Crippen LogP contribution is -2.14. The Hall–Kier alpha value is -2.90. The summed E-state index contributed by atoms with van der Waals surface area (Å²) in [5.41, 5.74) is 1.87. The molecule has 0 aliphatic heterocycles. The normalized spacial score (nSPS) is 11.1. The summed E-state index contributed by atoms with van der Waals surface area (Å²) in [6.07, 6.45) is 0. The molecule has 1 amide bonds. The lowest BCUT2D eigenvalue weighted by Gasteiger charge is -2.10. The number of hydrogen-bond donors (Lipinski definition) is 2. The molecule has 3 aromatic rings. The fourth-order valence-corrected chi connectivity index (χ4v) is 3.74. The van der Waals surface area contributed by atoms with E-state index in [1.165, 1.54) is 30.3 Å². The van der Waals surface area contributed by atoms with Crippen LogP contribution in [-0.4, -0.2) is 14.3 Å². The van der Waals surface area contributed by atoms with Crippen LogP contribution in [0.15, 0.2) is 71.6 Å². The predicted octanol–water partition coefficient (Wildman–Crippen LogP) is 4.84. The van der Waals surface area contributed by atoms with Crippen molar-refractivity contribution in [1.82, 2.24) is 0 Å². The monoisotopic (exact) mass is 418 g/mol. The SMILES string of the molecule is Cc1ccc(S(=O)(=O)Nc2ccc(NC(=O)c3ccc(F)cc3Cl)cc2)cc1. The summed E-state index contributed by atoms with van der Waals surface area (Å²) in [6, 6.07) is 16.1. The van der Waals surface area contributed by atoms with Gasteiger partial charge in [0.1, 0.15) is 5.82 Å². The highest BCUT2D eigenvalue weighted by molar-refractivity contribution is 7.92. The summed E-state index contributed by atoms with van der Waals surface area (Å²) in [5, 5.41) is 2.62. The number of amides is 1. The summed E-state index contributed by atoms with van der Waals surface area (Å²) >= 11 is 5.88. The van der Waals surface area contributed by atoms with Gasteiger partial charge in [-0.2, -0.15) is 0 Å². The molecule has 0 atom stereocenters. The molecule has 28 heavy (non-hydrogen) atoms. The molecule has 0 saturated carbocycles. The maximum absolute atomic E-state index is 13.1. The second-order valence-corrected chi connectivity index (χ2v) is 8.16. The Morgan fingerprint density at radius 3 is 2.14 bits per heavy atom. The van der Waals surface area contributed by atoms with Gasteiger partial charge in [-0.25, -0.2) is 12.8 Å². The average molecular weight is 419 g/mol. The number of aryl methyl sites for hydroxylation is 1. The highest BCUT2D eigenvalue weighted by atomic mass is 35.5. The Balaban J connectivity index is 1.71. The Bertz CT molecular complexity index is 1120. The minimum Gasteiger partial charge on any atom is -0.322 e. The smallest absolute Gasteiger partial charge is 0.261 e. The maximum Gasteiger partial charge on any atom is 0.261 e. The summed E-state index contributed by atoms with van der Waals surface area (Å²) in [6.45, 7) is 1.87. The van der Waals surface area contributed by atoms with Crippen LogP contribution in [0.25, 0.3) is 0 Å². The van der Waals surface area contributed by atoms with E-state index in [9.17, 15) is 17.6 Å². The van der Waals surface area contributed by atoms with Crippen molar-refractivity contribution in [3.63, 3.8) is 0 Å². The third-order valence-corrected chi connectivity index (χ3v) is 5.61. The van der Waals surface area contributed by atoms with Crippen LogP contribution in [0.2, 0.25) is 5.02 Å². The molecule has 5 nitrogen and oxygen atoms in total. The van der Waals surface area contributed by atoms with E-state index in [1.807, 2.05) is 6.92 Å². The van der Waals surface area contributed by atoms with Crippen molar-refractivity contribution in [3.05, 3.63) is 88.7 Å². The molecule has 144 valence electrons. The number of carbonyl (C=O) groups excluding carboxylic acids is 1. The quantitative estimate of drug-likeness (QED) is 0.622. The molecule has 2 N–H and O–H groups in total. The molecule has 0 fully saturated rings. The zero-order valence-electron chi connectivity index (χ0n) is 14.7. The Morgan fingerprint density at radius 1 is 0.929 bits per heavy atom. The Labute approximate surface area is 167 Å². The average Bonchev–Trinajstić information content (AvgIpc) is 2.63. The highest BCUT2D eigenvalue weighted by Gasteiger charge is 2.14. The van der Waals surface area contributed by atoms with E-state index in [1.54, 1.807) is 24.3 Å². The van der Waals surface area contributed by atoms with Crippen LogP contribution in [0, 0.1) is 12.7 Å². The second kappa shape index (κ2) is 8.00. The van der Waals surface area contributed by atoms with E-state index in [0.717, 1.165) is 17.7 Å². The first-order chi connectivity index (χ1) is 13.2. The Morgan fingerprint density at radius 2 is 1.54 bits per heavy atom. The van der Waals surface area contributed by atoms with Crippen molar-refractivity contribution in [3.8, 4) is 0 Å². The number of halogens is 2. The van der Waals surface area contributed by atoms with E-state index >= 15 is 0 Å². The van der Waals surface area contributed by atoms with Crippen LogP contribution in [-0.2, 0) is 10.0 Å². The molecule has 0 bridgehead atoms. The van der Waals surface area contributed by atoms with Gasteiger partial charge in [0.05, 0.1) is 15.5 Å². The first-order valence-corrected chi connectivity index (χ1v) is 10.1. The van der Waals surface area contributed by atoms with Crippen LogP contribution < -0.4 is 10.0 Å². The summed E-state index contributed by atoms with van der Waals surface area (Å²) in [4.78, 5) is 12.4.